The summed E-state index contributed by atoms with van der Waals surface area (Å²) in [6.07, 6.45) is -5.57. The molecule has 4 aromatic rings. The Labute approximate surface area is 338 Å². The van der Waals surface area contributed by atoms with Crippen molar-refractivity contribution >= 4 is 47.4 Å². The van der Waals surface area contributed by atoms with Crippen molar-refractivity contribution in [3.8, 4) is 0 Å². The number of alkyl halides is 2. The summed E-state index contributed by atoms with van der Waals surface area (Å²) in [5.41, 5.74) is 3.28. The fraction of sp³-hybridized carbons (Fsp3) is 0.349. The Kier molecular flexibility index (Phi) is 15.3. The lowest BCUT2D eigenvalue weighted by Crippen LogP contribution is -2.37. The predicted octanol–water partition coefficient (Wildman–Crippen LogP) is 7.57. The first-order valence-electron chi connectivity index (χ1n) is 18.1. The van der Waals surface area contributed by atoms with E-state index in [0.29, 0.717) is 22.3 Å². The van der Waals surface area contributed by atoms with Gasteiger partial charge >= 0.3 is 23.9 Å². The van der Waals surface area contributed by atoms with Crippen molar-refractivity contribution in [3.05, 3.63) is 142 Å². The molecule has 302 valence electrons. The van der Waals surface area contributed by atoms with E-state index in [1.165, 1.54) is 7.11 Å². The van der Waals surface area contributed by atoms with Crippen LogP contribution in [0, 0.1) is 27.7 Å². The highest BCUT2D eigenvalue weighted by atomic mass is 32.2. The molecule has 2 unspecified atom stereocenters. The molecule has 1 N–H and O–H groups in total. The number of aliphatic hydroxyl groups excluding tert-OH is 1. The first-order valence-corrected chi connectivity index (χ1v) is 20.0. The third kappa shape index (κ3) is 11.7. The summed E-state index contributed by atoms with van der Waals surface area (Å²) in [6, 6.07) is 27.3. The highest BCUT2D eigenvalue weighted by Gasteiger charge is 2.49. The van der Waals surface area contributed by atoms with E-state index >= 15 is 0 Å². The molecule has 2 fully saturated rings. The quantitative estimate of drug-likeness (QED) is 0.118. The zero-order valence-corrected chi connectivity index (χ0v) is 33.6. The lowest BCUT2D eigenvalue weighted by Gasteiger charge is -2.20. The number of carbonyl (C=O) groups excluding carboxylic acids is 4. The van der Waals surface area contributed by atoms with Crippen LogP contribution in [0.3, 0.4) is 0 Å². The second-order valence-corrected chi connectivity index (χ2v) is 16.3. The van der Waals surface area contributed by atoms with Crippen LogP contribution in [0.1, 0.15) is 63.7 Å². The molecule has 2 saturated heterocycles. The monoisotopic (exact) mass is 822 g/mol. The molecule has 0 aromatic heterocycles. The van der Waals surface area contributed by atoms with E-state index in [1.54, 1.807) is 84.9 Å². The zero-order chi connectivity index (χ0) is 41.2. The number of hydrogen-bond donors (Lipinski definition) is 1. The molecule has 2 heterocycles. The van der Waals surface area contributed by atoms with Crippen molar-refractivity contribution in [2.45, 2.75) is 73.6 Å². The molecule has 2 aliphatic heterocycles. The number of esters is 4. The molecule has 2 aliphatic rings. The standard InChI is InChI=1S/C22H23FO5S.C21H21FO5S/c1-13-4-8-15(9-5-13)20(24)27-12-17-19(18(23)22(26-3)29-17)28-21(25)16-10-6-14(2)7-11-16;1-12-3-7-14(8-4-12)19(23)26-11-16-18(17(22)21(25)28-16)27-20(24)15-9-5-13(2)6-10-15/h4-11,17-19,22H,12H2,1-3H3;3-10,16-18,21,25H,11H2,1-2H3/t17-,18+,19-,22?;16-,17+,18-,21?/m11/s1. The molecule has 6 rings (SSSR count). The van der Waals surface area contributed by atoms with Gasteiger partial charge in [-0.15, -0.1) is 23.5 Å². The highest BCUT2D eigenvalue weighted by molar-refractivity contribution is 8.01. The molecule has 0 amide bonds. The maximum Gasteiger partial charge on any atom is 0.338 e. The Morgan fingerprint density at radius 3 is 1.19 bits per heavy atom. The topological polar surface area (TPSA) is 135 Å². The summed E-state index contributed by atoms with van der Waals surface area (Å²) < 4.78 is 55.6. The van der Waals surface area contributed by atoms with Crippen LogP contribution in [-0.4, -0.2) is 95.2 Å². The van der Waals surface area contributed by atoms with E-state index in [0.717, 1.165) is 45.8 Å². The third-order valence-corrected chi connectivity index (χ3v) is 11.9. The number of rotatable bonds is 11. The Morgan fingerprint density at radius 1 is 0.526 bits per heavy atom. The maximum absolute atomic E-state index is 14.8. The number of ether oxygens (including phenoxy) is 5. The Morgan fingerprint density at radius 2 is 0.842 bits per heavy atom. The summed E-state index contributed by atoms with van der Waals surface area (Å²) >= 11 is 2.04. The smallest absolute Gasteiger partial charge is 0.338 e. The van der Waals surface area contributed by atoms with Gasteiger partial charge in [-0.1, -0.05) is 70.8 Å². The van der Waals surface area contributed by atoms with Gasteiger partial charge in [0.05, 0.1) is 32.8 Å². The van der Waals surface area contributed by atoms with Gasteiger partial charge in [-0.2, -0.15) is 0 Å². The van der Waals surface area contributed by atoms with Gasteiger partial charge in [-0.3, -0.25) is 0 Å². The SMILES string of the molecule is COC1S[C@H](COC(=O)c2ccc(C)cc2)[C@@H](OC(=O)c2ccc(C)cc2)[C@@H]1F.Cc1ccc(C(=O)OC[C@H]2SC(O)[C@@H](F)[C@@H]2OC(=O)c2ccc(C)cc2)cc1. The van der Waals surface area contributed by atoms with Gasteiger partial charge < -0.3 is 28.8 Å². The average Bonchev–Trinajstić information content (AvgIpc) is 3.65. The van der Waals surface area contributed by atoms with E-state index in [1.807, 2.05) is 39.8 Å². The van der Waals surface area contributed by atoms with E-state index < -0.39 is 69.8 Å². The summed E-state index contributed by atoms with van der Waals surface area (Å²) in [4.78, 5) is 49.2. The number of aliphatic hydroxyl groups is 1. The van der Waals surface area contributed by atoms with Crippen molar-refractivity contribution in [2.75, 3.05) is 20.3 Å². The molecular formula is C43H44F2O10S2. The van der Waals surface area contributed by atoms with Crippen molar-refractivity contribution < 1.29 is 56.7 Å². The highest BCUT2D eigenvalue weighted by Crippen LogP contribution is 2.40. The number of benzene rings is 4. The second-order valence-electron chi connectivity index (χ2n) is 13.6. The van der Waals surface area contributed by atoms with E-state index in [2.05, 4.69) is 0 Å². The molecule has 0 aliphatic carbocycles. The molecule has 8 atom stereocenters. The Balaban J connectivity index is 0.000000218. The fourth-order valence-electron chi connectivity index (χ4n) is 5.74. The number of carbonyl (C=O) groups is 4. The largest absolute Gasteiger partial charge is 0.461 e. The van der Waals surface area contributed by atoms with Gasteiger partial charge in [-0.05, 0) is 76.2 Å². The molecule has 10 nitrogen and oxygen atoms in total. The zero-order valence-electron chi connectivity index (χ0n) is 32.0. The lowest BCUT2D eigenvalue weighted by molar-refractivity contribution is -0.0176. The minimum absolute atomic E-state index is 0.0937. The number of methoxy groups -OCH3 is 1. The van der Waals surface area contributed by atoms with Crippen LogP contribution in [0.2, 0.25) is 0 Å². The minimum Gasteiger partial charge on any atom is -0.461 e. The predicted molar refractivity (Wildman–Crippen MR) is 213 cm³/mol. The van der Waals surface area contributed by atoms with Gasteiger partial charge in [0.15, 0.2) is 24.6 Å². The fourth-order valence-corrected chi connectivity index (χ4v) is 8.18. The summed E-state index contributed by atoms with van der Waals surface area (Å²) in [7, 11) is 1.39. The summed E-state index contributed by atoms with van der Waals surface area (Å²) in [6.45, 7) is 7.34. The van der Waals surface area contributed by atoms with Crippen LogP contribution in [0.25, 0.3) is 0 Å². The van der Waals surface area contributed by atoms with Crippen LogP contribution in [0.15, 0.2) is 97.1 Å². The molecule has 57 heavy (non-hydrogen) atoms. The van der Waals surface area contributed by atoms with E-state index in [-0.39, 0.29) is 13.2 Å². The number of thioether (sulfide) groups is 2. The lowest BCUT2D eigenvalue weighted by atomic mass is 10.1. The first kappa shape index (κ1) is 43.4. The van der Waals surface area contributed by atoms with Gasteiger partial charge in [0, 0.05) is 7.11 Å². The Bertz CT molecular complexity index is 1980. The van der Waals surface area contributed by atoms with Crippen molar-refractivity contribution in [1.82, 2.24) is 0 Å². The summed E-state index contributed by atoms with van der Waals surface area (Å²) in [5.74, 6) is -2.37. The number of halogens is 2. The molecule has 4 aromatic carbocycles. The van der Waals surface area contributed by atoms with Gasteiger partial charge in [0.1, 0.15) is 24.1 Å². The van der Waals surface area contributed by atoms with E-state index in [9.17, 15) is 33.1 Å². The van der Waals surface area contributed by atoms with Crippen LogP contribution < -0.4 is 0 Å². The van der Waals surface area contributed by atoms with Gasteiger partial charge in [0.2, 0.25) is 0 Å². The number of aryl methyl sites for hydroxylation is 4. The van der Waals surface area contributed by atoms with Crippen LogP contribution in [0.5, 0.6) is 0 Å². The van der Waals surface area contributed by atoms with Crippen LogP contribution in [0.4, 0.5) is 8.78 Å². The van der Waals surface area contributed by atoms with Crippen LogP contribution >= 0.6 is 23.5 Å². The van der Waals surface area contributed by atoms with Gasteiger partial charge in [0.25, 0.3) is 0 Å². The molecule has 0 saturated carbocycles. The van der Waals surface area contributed by atoms with Crippen LogP contribution in [-0.2, 0) is 23.7 Å². The maximum atomic E-state index is 14.8. The van der Waals surface area contributed by atoms with Gasteiger partial charge in [-0.25, -0.2) is 28.0 Å². The van der Waals surface area contributed by atoms with Crippen molar-refractivity contribution in [1.29, 1.82) is 0 Å². The molecule has 0 radical (unpaired) electrons. The van der Waals surface area contributed by atoms with Crippen molar-refractivity contribution in [2.24, 2.45) is 0 Å². The molecule has 14 heteroatoms. The molecule has 0 bridgehead atoms. The molecular weight excluding hydrogens is 779 g/mol. The number of hydrogen-bond acceptors (Lipinski definition) is 12. The first-order chi connectivity index (χ1) is 27.2. The summed E-state index contributed by atoms with van der Waals surface area (Å²) in [5, 5.41) is 8.56. The van der Waals surface area contributed by atoms with Crippen molar-refractivity contribution in [3.63, 3.8) is 0 Å². The normalized spacial score (nSPS) is 23.8. The minimum atomic E-state index is -1.76. The average molecular weight is 823 g/mol. The molecule has 0 spiro atoms. The van der Waals surface area contributed by atoms with E-state index in [4.69, 9.17) is 23.7 Å². The second kappa shape index (κ2) is 20.1. The Hall–Kier alpha value is -4.76. The third-order valence-electron chi connectivity index (χ3n) is 9.14.